The molecular weight excluding hydrogens is 450 g/mol. The third kappa shape index (κ3) is 5.35. The van der Waals surface area contributed by atoms with E-state index in [0.717, 1.165) is 40.1 Å². The number of amides is 1. The van der Waals surface area contributed by atoms with Crippen LogP contribution in [0.15, 0.2) is 46.9 Å². The summed E-state index contributed by atoms with van der Waals surface area (Å²) >= 11 is 4.96. The predicted octanol–water partition coefficient (Wildman–Crippen LogP) is 5.45. The van der Waals surface area contributed by atoms with Crippen LogP contribution in [-0.2, 0) is 0 Å². The molecule has 0 bridgehead atoms. The van der Waals surface area contributed by atoms with E-state index in [1.165, 1.54) is 11.3 Å². The second kappa shape index (κ2) is 10.2. The first-order valence-electron chi connectivity index (χ1n) is 9.88. The molecule has 0 radical (unpaired) electrons. The molecule has 0 unspecified atom stereocenters. The van der Waals surface area contributed by atoms with Crippen molar-refractivity contribution in [2.75, 3.05) is 37.7 Å². The lowest BCUT2D eigenvalue weighted by atomic mass is 10.2. The lowest BCUT2D eigenvalue weighted by Crippen LogP contribution is -2.38. The van der Waals surface area contributed by atoms with Crippen molar-refractivity contribution in [2.24, 2.45) is 0 Å². The largest absolute Gasteiger partial charge is 0.494 e. The van der Waals surface area contributed by atoms with Crippen molar-refractivity contribution >= 4 is 48.5 Å². The molecular formula is C22H26BrN3O2S. The smallest absolute Gasteiger partial charge is 0.260 e. The molecule has 7 heteroatoms. The van der Waals surface area contributed by atoms with Crippen LogP contribution < -0.4 is 9.64 Å². The van der Waals surface area contributed by atoms with Gasteiger partial charge in [-0.05, 0) is 62.5 Å². The lowest BCUT2D eigenvalue weighted by molar-refractivity contribution is 0.0984. The Bertz CT molecular complexity index is 954. The predicted molar refractivity (Wildman–Crippen MR) is 124 cm³/mol. The number of hydrogen-bond acceptors (Lipinski definition) is 5. The van der Waals surface area contributed by atoms with E-state index in [4.69, 9.17) is 9.72 Å². The van der Waals surface area contributed by atoms with Gasteiger partial charge in [-0.25, -0.2) is 4.98 Å². The van der Waals surface area contributed by atoms with Crippen molar-refractivity contribution in [2.45, 2.75) is 20.8 Å². The van der Waals surface area contributed by atoms with Crippen LogP contribution >= 0.6 is 27.3 Å². The minimum atomic E-state index is -0.0336. The Morgan fingerprint density at radius 1 is 1.07 bits per heavy atom. The van der Waals surface area contributed by atoms with E-state index in [1.54, 1.807) is 4.90 Å². The first kappa shape index (κ1) is 21.7. The number of rotatable bonds is 9. The molecule has 0 saturated heterocycles. The van der Waals surface area contributed by atoms with Gasteiger partial charge in [0.15, 0.2) is 5.13 Å². The minimum Gasteiger partial charge on any atom is -0.494 e. The standard InChI is InChI=1S/C22H26BrN3O2S/c1-4-25(5-2)13-14-26(21(27)16-7-9-17(23)10-8-16)22-24-19-12-11-18(28-6-3)15-20(19)29-22/h7-12,15H,4-6,13-14H2,1-3H3. The molecule has 5 nitrogen and oxygen atoms in total. The van der Waals surface area contributed by atoms with E-state index < -0.39 is 0 Å². The van der Waals surface area contributed by atoms with E-state index in [-0.39, 0.29) is 5.91 Å². The molecule has 0 aliphatic rings. The van der Waals surface area contributed by atoms with Gasteiger partial charge in [0.05, 0.1) is 16.8 Å². The number of thiazole rings is 1. The number of nitrogens with zero attached hydrogens (tertiary/aromatic N) is 3. The number of carbonyl (C=O) groups is 1. The number of ether oxygens (including phenoxy) is 1. The fourth-order valence-corrected chi connectivity index (χ4v) is 4.36. The Hall–Kier alpha value is -1.96. The first-order valence-corrected chi connectivity index (χ1v) is 11.5. The fourth-order valence-electron chi connectivity index (χ4n) is 3.08. The van der Waals surface area contributed by atoms with Crippen LogP contribution in [-0.4, -0.2) is 48.6 Å². The van der Waals surface area contributed by atoms with Crippen LogP contribution in [0.5, 0.6) is 5.75 Å². The molecule has 1 aromatic heterocycles. The molecule has 3 rings (SSSR count). The topological polar surface area (TPSA) is 45.7 Å². The molecule has 29 heavy (non-hydrogen) atoms. The summed E-state index contributed by atoms with van der Waals surface area (Å²) < 4.78 is 7.57. The van der Waals surface area contributed by atoms with E-state index in [9.17, 15) is 4.79 Å². The van der Waals surface area contributed by atoms with Crippen molar-refractivity contribution < 1.29 is 9.53 Å². The molecule has 0 atom stereocenters. The number of hydrogen-bond donors (Lipinski definition) is 0. The first-order chi connectivity index (χ1) is 14.0. The zero-order chi connectivity index (χ0) is 20.8. The van der Waals surface area contributed by atoms with Crippen LogP contribution in [0.2, 0.25) is 0 Å². The zero-order valence-corrected chi connectivity index (χ0v) is 19.4. The second-order valence-corrected chi connectivity index (χ2v) is 8.47. The Balaban J connectivity index is 1.93. The van der Waals surface area contributed by atoms with E-state index >= 15 is 0 Å². The third-order valence-electron chi connectivity index (χ3n) is 4.76. The Kier molecular flexibility index (Phi) is 7.64. The van der Waals surface area contributed by atoms with Gasteiger partial charge < -0.3 is 9.64 Å². The van der Waals surface area contributed by atoms with Crippen molar-refractivity contribution in [1.29, 1.82) is 0 Å². The van der Waals surface area contributed by atoms with Gasteiger partial charge in [-0.1, -0.05) is 41.1 Å². The monoisotopic (exact) mass is 475 g/mol. The molecule has 2 aromatic carbocycles. The summed E-state index contributed by atoms with van der Waals surface area (Å²) in [5, 5.41) is 0.716. The highest BCUT2D eigenvalue weighted by Crippen LogP contribution is 2.32. The van der Waals surface area contributed by atoms with E-state index in [1.807, 2.05) is 49.4 Å². The summed E-state index contributed by atoms with van der Waals surface area (Å²) in [5.41, 5.74) is 1.53. The van der Waals surface area contributed by atoms with Crippen LogP contribution in [0.25, 0.3) is 10.2 Å². The molecule has 0 saturated carbocycles. The molecule has 0 N–H and O–H groups in total. The number of likely N-dealkylation sites (N-methyl/N-ethyl adjacent to an activating group) is 1. The van der Waals surface area contributed by atoms with Gasteiger partial charge in [0.1, 0.15) is 5.75 Å². The highest BCUT2D eigenvalue weighted by molar-refractivity contribution is 9.10. The average molecular weight is 476 g/mol. The van der Waals surface area contributed by atoms with Gasteiger partial charge in [0, 0.05) is 23.1 Å². The summed E-state index contributed by atoms with van der Waals surface area (Å²) in [6.45, 7) is 10.2. The third-order valence-corrected chi connectivity index (χ3v) is 6.33. The van der Waals surface area contributed by atoms with Gasteiger partial charge in [0.2, 0.25) is 0 Å². The number of carbonyl (C=O) groups excluding carboxylic acids is 1. The molecule has 0 fully saturated rings. The summed E-state index contributed by atoms with van der Waals surface area (Å²) in [6, 6.07) is 13.3. The van der Waals surface area contributed by atoms with Gasteiger partial charge in [-0.3, -0.25) is 9.69 Å². The normalized spacial score (nSPS) is 11.2. The lowest BCUT2D eigenvalue weighted by Gasteiger charge is -2.24. The quantitative estimate of drug-likeness (QED) is 0.412. The van der Waals surface area contributed by atoms with Gasteiger partial charge in [-0.2, -0.15) is 0 Å². The molecule has 0 aliphatic carbocycles. The summed E-state index contributed by atoms with van der Waals surface area (Å²) in [6.07, 6.45) is 0. The summed E-state index contributed by atoms with van der Waals surface area (Å²) in [4.78, 5) is 22.2. The number of fused-ring (bicyclic) bond motifs is 1. The average Bonchev–Trinajstić information content (AvgIpc) is 3.14. The Morgan fingerprint density at radius 3 is 2.45 bits per heavy atom. The Labute approximate surface area is 184 Å². The fraction of sp³-hybridized carbons (Fsp3) is 0.364. The van der Waals surface area contributed by atoms with E-state index in [2.05, 4.69) is 34.7 Å². The van der Waals surface area contributed by atoms with Gasteiger partial charge in [-0.15, -0.1) is 0 Å². The summed E-state index contributed by atoms with van der Waals surface area (Å²) in [7, 11) is 0. The van der Waals surface area contributed by atoms with E-state index in [0.29, 0.717) is 23.8 Å². The highest BCUT2D eigenvalue weighted by atomic mass is 79.9. The van der Waals surface area contributed by atoms with Gasteiger partial charge >= 0.3 is 0 Å². The SMILES string of the molecule is CCOc1ccc2nc(N(CCN(CC)CC)C(=O)c3ccc(Br)cc3)sc2c1. The van der Waals surface area contributed by atoms with Crippen LogP contribution in [0.3, 0.4) is 0 Å². The maximum absolute atomic E-state index is 13.3. The minimum absolute atomic E-state index is 0.0336. The van der Waals surface area contributed by atoms with Gasteiger partial charge in [0.25, 0.3) is 5.91 Å². The van der Waals surface area contributed by atoms with Crippen LogP contribution in [0.1, 0.15) is 31.1 Å². The number of anilines is 1. The molecule has 154 valence electrons. The van der Waals surface area contributed by atoms with Crippen LogP contribution in [0, 0.1) is 0 Å². The molecule has 3 aromatic rings. The summed E-state index contributed by atoms with van der Waals surface area (Å²) in [5.74, 6) is 0.790. The van der Waals surface area contributed by atoms with Crippen molar-refractivity contribution in [3.63, 3.8) is 0 Å². The highest BCUT2D eigenvalue weighted by Gasteiger charge is 2.22. The maximum Gasteiger partial charge on any atom is 0.260 e. The second-order valence-electron chi connectivity index (χ2n) is 6.55. The Morgan fingerprint density at radius 2 is 1.79 bits per heavy atom. The van der Waals surface area contributed by atoms with Crippen LogP contribution in [0.4, 0.5) is 5.13 Å². The van der Waals surface area contributed by atoms with Crippen molar-refractivity contribution in [1.82, 2.24) is 9.88 Å². The maximum atomic E-state index is 13.3. The van der Waals surface area contributed by atoms with Crippen molar-refractivity contribution in [3.05, 3.63) is 52.5 Å². The number of benzene rings is 2. The number of aromatic nitrogens is 1. The number of halogens is 1. The molecule has 0 spiro atoms. The molecule has 1 amide bonds. The molecule has 1 heterocycles. The molecule has 0 aliphatic heterocycles. The zero-order valence-electron chi connectivity index (χ0n) is 17.0. The van der Waals surface area contributed by atoms with Crippen molar-refractivity contribution in [3.8, 4) is 5.75 Å².